The van der Waals surface area contributed by atoms with Gasteiger partial charge in [-0.1, -0.05) is 72.8 Å². The topological polar surface area (TPSA) is 64.7 Å². The second-order valence-corrected chi connectivity index (χ2v) is 8.28. The van der Waals surface area contributed by atoms with Gasteiger partial charge in [0.05, 0.1) is 16.9 Å². The fourth-order valence-electron chi connectivity index (χ4n) is 4.50. The Morgan fingerprint density at radius 1 is 0.639 bits per heavy atom. The zero-order chi connectivity index (χ0) is 22.9. The molecule has 4 nitrogen and oxygen atoms in total. The Morgan fingerprint density at radius 3 is 2.22 bits per heavy atom. The zero-order valence-electron chi connectivity index (χ0n) is 19.3. The molecule has 0 saturated carbocycles. The molecule has 178 valence electrons. The molecule has 0 radical (unpaired) electrons. The summed E-state index contributed by atoms with van der Waals surface area (Å²) >= 11 is 0. The normalized spacial score (nSPS) is 10.6. The molecule has 0 aliphatic heterocycles. The lowest BCUT2D eigenvalue weighted by molar-refractivity contribution is 1.07. The number of hydrogen-bond acceptors (Lipinski definition) is 4. The molecule has 0 saturated heterocycles. The third-order valence-corrected chi connectivity index (χ3v) is 6.23. The van der Waals surface area contributed by atoms with Crippen LogP contribution >= 0.6 is 24.8 Å². The van der Waals surface area contributed by atoms with Gasteiger partial charge in [-0.05, 0) is 34.7 Å². The molecule has 0 amide bonds. The summed E-state index contributed by atoms with van der Waals surface area (Å²) in [6.45, 7) is 0.520. The van der Waals surface area contributed by atoms with Crippen LogP contribution < -0.4 is 5.73 Å². The minimum atomic E-state index is 0. The number of nitrogens with two attached hydrogens (primary N) is 1. The van der Waals surface area contributed by atoms with Crippen LogP contribution in [0.2, 0.25) is 0 Å². The van der Waals surface area contributed by atoms with E-state index in [2.05, 4.69) is 77.8 Å². The Kier molecular flexibility index (Phi) is 7.61. The van der Waals surface area contributed by atoms with Crippen LogP contribution in [0.4, 0.5) is 0 Å². The summed E-state index contributed by atoms with van der Waals surface area (Å²) in [4.78, 5) is 14.3. The molecule has 0 aliphatic rings. The van der Waals surface area contributed by atoms with E-state index in [1.165, 1.54) is 0 Å². The SMILES string of the molecule is Cl.Cl.NCc1ccc(-c2nc3ccnc(-c4cccc5cnccc45)c3cc2-c2ccccc2)cc1. The van der Waals surface area contributed by atoms with Crippen molar-refractivity contribution in [1.82, 2.24) is 15.0 Å². The first-order chi connectivity index (χ1) is 16.8. The predicted molar refractivity (Wildman–Crippen MR) is 154 cm³/mol. The fourth-order valence-corrected chi connectivity index (χ4v) is 4.50. The first-order valence-electron chi connectivity index (χ1n) is 11.3. The van der Waals surface area contributed by atoms with Crippen LogP contribution in [-0.4, -0.2) is 15.0 Å². The number of pyridine rings is 3. The van der Waals surface area contributed by atoms with Crippen LogP contribution in [0.3, 0.4) is 0 Å². The van der Waals surface area contributed by atoms with Crippen LogP contribution in [0, 0.1) is 0 Å². The van der Waals surface area contributed by atoms with E-state index in [0.717, 1.165) is 60.9 Å². The van der Waals surface area contributed by atoms with Gasteiger partial charge in [0.2, 0.25) is 0 Å². The first-order valence-corrected chi connectivity index (χ1v) is 11.3. The van der Waals surface area contributed by atoms with Crippen molar-refractivity contribution in [3.63, 3.8) is 0 Å². The third-order valence-electron chi connectivity index (χ3n) is 6.23. The molecule has 36 heavy (non-hydrogen) atoms. The standard InChI is InChI=1S/C30H22N4.2ClH/c31-18-20-9-11-22(12-10-20)29-26(21-5-2-1-3-6-21)17-27-28(34-29)14-16-33-30(27)25-8-4-7-23-19-32-15-13-24(23)25;;/h1-17,19H,18,31H2;2*1H. The van der Waals surface area contributed by atoms with Crippen molar-refractivity contribution in [1.29, 1.82) is 0 Å². The Hall–Kier alpha value is -3.83. The molecule has 0 spiro atoms. The van der Waals surface area contributed by atoms with Gasteiger partial charge in [-0.25, -0.2) is 4.98 Å². The zero-order valence-corrected chi connectivity index (χ0v) is 21.0. The van der Waals surface area contributed by atoms with E-state index in [4.69, 9.17) is 15.7 Å². The summed E-state index contributed by atoms with van der Waals surface area (Å²) in [5.41, 5.74) is 14.0. The molecule has 0 unspecified atom stereocenters. The minimum Gasteiger partial charge on any atom is -0.326 e. The van der Waals surface area contributed by atoms with Crippen LogP contribution in [-0.2, 0) is 6.54 Å². The van der Waals surface area contributed by atoms with Gasteiger partial charge in [0.1, 0.15) is 0 Å². The summed E-state index contributed by atoms with van der Waals surface area (Å²) < 4.78 is 0. The predicted octanol–water partition coefficient (Wildman–Crippen LogP) is 7.48. The molecule has 3 aromatic carbocycles. The molecule has 6 rings (SSSR count). The van der Waals surface area contributed by atoms with Gasteiger partial charge in [0.25, 0.3) is 0 Å². The van der Waals surface area contributed by atoms with E-state index >= 15 is 0 Å². The van der Waals surface area contributed by atoms with Gasteiger partial charge in [0.15, 0.2) is 0 Å². The average molecular weight is 511 g/mol. The number of hydrogen-bond donors (Lipinski definition) is 1. The molecule has 0 atom stereocenters. The fraction of sp³-hybridized carbons (Fsp3) is 0.0333. The summed E-state index contributed by atoms with van der Waals surface area (Å²) in [6, 6.07) is 31.2. The van der Waals surface area contributed by atoms with Crippen molar-refractivity contribution < 1.29 is 0 Å². The molecule has 0 fully saturated rings. The molecule has 3 heterocycles. The van der Waals surface area contributed by atoms with Gasteiger partial charge in [-0.15, -0.1) is 24.8 Å². The number of halogens is 2. The van der Waals surface area contributed by atoms with E-state index in [1.807, 2.05) is 36.8 Å². The van der Waals surface area contributed by atoms with Crippen molar-refractivity contribution in [3.05, 3.63) is 115 Å². The molecule has 0 bridgehead atoms. The maximum Gasteiger partial charge on any atom is 0.0802 e. The van der Waals surface area contributed by atoms with Gasteiger partial charge >= 0.3 is 0 Å². The second-order valence-electron chi connectivity index (χ2n) is 8.28. The number of benzene rings is 3. The van der Waals surface area contributed by atoms with Crippen molar-refractivity contribution in [2.75, 3.05) is 0 Å². The lowest BCUT2D eigenvalue weighted by Crippen LogP contribution is -1.97. The Morgan fingerprint density at radius 2 is 1.44 bits per heavy atom. The summed E-state index contributed by atoms with van der Waals surface area (Å²) in [5.74, 6) is 0. The quantitative estimate of drug-likeness (QED) is 0.267. The highest BCUT2D eigenvalue weighted by atomic mass is 35.5. The van der Waals surface area contributed by atoms with Gasteiger partial charge < -0.3 is 5.73 Å². The number of fused-ring (bicyclic) bond motifs is 2. The third kappa shape index (κ3) is 4.54. The van der Waals surface area contributed by atoms with Crippen molar-refractivity contribution in [2.24, 2.45) is 5.73 Å². The highest BCUT2D eigenvalue weighted by Gasteiger charge is 2.16. The lowest BCUT2D eigenvalue weighted by Gasteiger charge is -2.14. The monoisotopic (exact) mass is 510 g/mol. The van der Waals surface area contributed by atoms with Gasteiger partial charge in [0, 0.05) is 52.6 Å². The molecule has 0 aliphatic carbocycles. The van der Waals surface area contributed by atoms with Crippen LogP contribution in [0.25, 0.3) is 55.3 Å². The van der Waals surface area contributed by atoms with Crippen molar-refractivity contribution in [2.45, 2.75) is 6.54 Å². The number of nitrogens with zero attached hydrogens (tertiary/aromatic N) is 3. The molecule has 6 aromatic rings. The summed E-state index contributed by atoms with van der Waals surface area (Å²) in [6.07, 6.45) is 5.56. The first kappa shape index (κ1) is 25.3. The molecule has 2 N–H and O–H groups in total. The Bertz CT molecular complexity index is 1630. The van der Waals surface area contributed by atoms with Crippen molar-refractivity contribution >= 4 is 46.5 Å². The summed E-state index contributed by atoms with van der Waals surface area (Å²) in [5, 5.41) is 3.24. The van der Waals surface area contributed by atoms with E-state index in [1.54, 1.807) is 0 Å². The highest BCUT2D eigenvalue weighted by molar-refractivity contribution is 6.04. The Balaban J connectivity index is 0.00000152. The van der Waals surface area contributed by atoms with Crippen LogP contribution in [0.1, 0.15) is 5.56 Å². The van der Waals surface area contributed by atoms with Gasteiger partial charge in [-0.3, -0.25) is 9.97 Å². The van der Waals surface area contributed by atoms with E-state index in [-0.39, 0.29) is 24.8 Å². The number of rotatable bonds is 4. The van der Waals surface area contributed by atoms with Crippen molar-refractivity contribution in [3.8, 4) is 33.6 Å². The molecular weight excluding hydrogens is 487 g/mol. The molecule has 3 aromatic heterocycles. The Labute approximate surface area is 222 Å². The summed E-state index contributed by atoms with van der Waals surface area (Å²) in [7, 11) is 0. The van der Waals surface area contributed by atoms with Gasteiger partial charge in [-0.2, -0.15) is 0 Å². The van der Waals surface area contributed by atoms with Crippen LogP contribution in [0.15, 0.2) is 110 Å². The lowest BCUT2D eigenvalue weighted by atomic mass is 9.94. The molecule has 6 heteroatoms. The average Bonchev–Trinajstić information content (AvgIpc) is 2.92. The maximum atomic E-state index is 5.82. The van der Waals surface area contributed by atoms with E-state index < -0.39 is 0 Å². The highest BCUT2D eigenvalue weighted by Crippen LogP contribution is 2.37. The maximum absolute atomic E-state index is 5.82. The van der Waals surface area contributed by atoms with E-state index in [0.29, 0.717) is 6.54 Å². The van der Waals surface area contributed by atoms with E-state index in [9.17, 15) is 0 Å². The largest absolute Gasteiger partial charge is 0.326 e. The minimum absolute atomic E-state index is 0. The smallest absolute Gasteiger partial charge is 0.0802 e. The number of aromatic nitrogens is 3. The van der Waals surface area contributed by atoms with Crippen LogP contribution in [0.5, 0.6) is 0 Å². The second kappa shape index (κ2) is 10.8. The molecular formula is C30H24Cl2N4.